The summed E-state index contributed by atoms with van der Waals surface area (Å²) < 4.78 is 5.29. The number of rotatable bonds is 4. The largest absolute Gasteiger partial charge is 0.378 e. The standard InChI is InChI=1S/C18H19ClN6O2/c1-11(18(26)25-2-4-27-5-3-25)23-16-10-20-9-15(24-16)14-8-22-17-13(14)6-12(19)7-21-17/h6-11H,2-5H2,1H3,(H,21,22)(H,23,24)/t11-/m0/s1. The number of aromatic nitrogens is 4. The lowest BCUT2D eigenvalue weighted by atomic mass is 10.1. The van der Waals surface area contributed by atoms with Crippen molar-refractivity contribution < 1.29 is 9.53 Å². The molecule has 2 N–H and O–H groups in total. The van der Waals surface area contributed by atoms with Gasteiger partial charge in [-0.25, -0.2) is 9.97 Å². The molecule has 3 aromatic rings. The number of anilines is 1. The lowest BCUT2D eigenvalue weighted by Gasteiger charge is -2.29. The van der Waals surface area contributed by atoms with Crippen molar-refractivity contribution in [2.45, 2.75) is 13.0 Å². The second-order valence-corrected chi connectivity index (χ2v) is 6.78. The molecule has 1 amide bonds. The minimum Gasteiger partial charge on any atom is -0.378 e. The van der Waals surface area contributed by atoms with Crippen LogP contribution in [0, 0.1) is 0 Å². The molecule has 9 heteroatoms. The highest BCUT2D eigenvalue weighted by molar-refractivity contribution is 6.31. The lowest BCUT2D eigenvalue weighted by Crippen LogP contribution is -2.47. The fourth-order valence-electron chi connectivity index (χ4n) is 3.10. The zero-order chi connectivity index (χ0) is 18.8. The number of aromatic amines is 1. The van der Waals surface area contributed by atoms with Gasteiger partial charge in [0.15, 0.2) is 0 Å². The van der Waals surface area contributed by atoms with Crippen LogP contribution in [0.25, 0.3) is 22.3 Å². The molecule has 0 saturated carbocycles. The van der Waals surface area contributed by atoms with Gasteiger partial charge in [-0.2, -0.15) is 0 Å². The predicted molar refractivity (Wildman–Crippen MR) is 103 cm³/mol. The Balaban J connectivity index is 1.55. The molecular formula is C18H19ClN6O2. The Hall–Kier alpha value is -2.71. The minimum absolute atomic E-state index is 0.0218. The van der Waals surface area contributed by atoms with Crippen LogP contribution in [-0.2, 0) is 9.53 Å². The maximum absolute atomic E-state index is 12.6. The van der Waals surface area contributed by atoms with Crippen LogP contribution in [0.5, 0.6) is 0 Å². The van der Waals surface area contributed by atoms with Crippen LogP contribution in [-0.4, -0.2) is 63.1 Å². The number of hydrogen-bond acceptors (Lipinski definition) is 6. The molecule has 140 valence electrons. The lowest BCUT2D eigenvalue weighted by molar-refractivity contribution is -0.135. The van der Waals surface area contributed by atoms with E-state index in [0.717, 1.165) is 16.6 Å². The van der Waals surface area contributed by atoms with Crippen molar-refractivity contribution in [1.29, 1.82) is 0 Å². The first-order valence-corrected chi connectivity index (χ1v) is 9.08. The van der Waals surface area contributed by atoms with Crippen LogP contribution in [0.3, 0.4) is 0 Å². The molecule has 4 rings (SSSR count). The van der Waals surface area contributed by atoms with Gasteiger partial charge in [0.05, 0.1) is 36.3 Å². The maximum atomic E-state index is 12.6. The molecule has 1 aliphatic rings. The van der Waals surface area contributed by atoms with Crippen LogP contribution in [0.2, 0.25) is 5.02 Å². The number of halogens is 1. The monoisotopic (exact) mass is 386 g/mol. The number of fused-ring (bicyclic) bond motifs is 1. The van der Waals surface area contributed by atoms with Crippen molar-refractivity contribution in [3.63, 3.8) is 0 Å². The number of H-pyrrole nitrogens is 1. The van der Waals surface area contributed by atoms with Crippen LogP contribution in [0.15, 0.2) is 30.9 Å². The molecule has 0 aliphatic carbocycles. The zero-order valence-electron chi connectivity index (χ0n) is 14.8. The molecular weight excluding hydrogens is 368 g/mol. The van der Waals surface area contributed by atoms with E-state index in [1.807, 2.05) is 19.2 Å². The third kappa shape index (κ3) is 3.72. The van der Waals surface area contributed by atoms with Gasteiger partial charge in [-0.15, -0.1) is 0 Å². The summed E-state index contributed by atoms with van der Waals surface area (Å²) in [7, 11) is 0. The van der Waals surface area contributed by atoms with Crippen molar-refractivity contribution in [1.82, 2.24) is 24.8 Å². The van der Waals surface area contributed by atoms with Gasteiger partial charge in [0, 0.05) is 36.4 Å². The van der Waals surface area contributed by atoms with Gasteiger partial charge in [0.1, 0.15) is 17.5 Å². The Morgan fingerprint density at radius 1 is 1.33 bits per heavy atom. The Bertz CT molecular complexity index is 969. The highest BCUT2D eigenvalue weighted by Crippen LogP contribution is 2.28. The number of hydrogen-bond donors (Lipinski definition) is 2. The van der Waals surface area contributed by atoms with E-state index in [2.05, 4.69) is 25.3 Å². The molecule has 1 fully saturated rings. The number of nitrogens with one attached hydrogen (secondary N) is 2. The predicted octanol–water partition coefficient (Wildman–Crippen LogP) is 2.33. The van der Waals surface area contributed by atoms with E-state index in [-0.39, 0.29) is 5.91 Å². The SMILES string of the molecule is C[C@H](Nc1cncc(-c2c[nH]c3ncc(Cl)cc23)n1)C(=O)N1CCOCC1. The summed E-state index contributed by atoms with van der Waals surface area (Å²) in [5.74, 6) is 0.555. The summed E-state index contributed by atoms with van der Waals surface area (Å²) in [5, 5.41) is 4.56. The maximum Gasteiger partial charge on any atom is 0.244 e. The summed E-state index contributed by atoms with van der Waals surface area (Å²) in [6, 6.07) is 1.42. The van der Waals surface area contributed by atoms with Crippen molar-refractivity contribution in [3.8, 4) is 11.3 Å². The second-order valence-electron chi connectivity index (χ2n) is 6.35. The number of amides is 1. The van der Waals surface area contributed by atoms with Gasteiger partial charge in [-0.3, -0.25) is 9.78 Å². The van der Waals surface area contributed by atoms with E-state index >= 15 is 0 Å². The van der Waals surface area contributed by atoms with Gasteiger partial charge in [0.2, 0.25) is 5.91 Å². The third-order valence-electron chi connectivity index (χ3n) is 4.47. The summed E-state index contributed by atoms with van der Waals surface area (Å²) >= 11 is 6.07. The van der Waals surface area contributed by atoms with Gasteiger partial charge in [-0.05, 0) is 13.0 Å². The van der Waals surface area contributed by atoms with Crippen molar-refractivity contribution in [2.24, 2.45) is 0 Å². The van der Waals surface area contributed by atoms with E-state index in [9.17, 15) is 4.79 Å². The van der Waals surface area contributed by atoms with Crippen molar-refractivity contribution in [2.75, 3.05) is 31.6 Å². The normalized spacial score (nSPS) is 15.7. The summed E-state index contributed by atoms with van der Waals surface area (Å²) in [6.07, 6.45) is 6.69. The van der Waals surface area contributed by atoms with Crippen molar-refractivity contribution >= 4 is 34.4 Å². The van der Waals surface area contributed by atoms with Gasteiger partial charge in [0.25, 0.3) is 0 Å². The molecule has 3 aromatic heterocycles. The summed E-state index contributed by atoms with van der Waals surface area (Å²) in [6.45, 7) is 4.19. The van der Waals surface area contributed by atoms with E-state index in [1.54, 1.807) is 23.5 Å². The summed E-state index contributed by atoms with van der Waals surface area (Å²) in [4.78, 5) is 30.6. The number of carbonyl (C=O) groups is 1. The zero-order valence-corrected chi connectivity index (χ0v) is 15.5. The Morgan fingerprint density at radius 3 is 2.96 bits per heavy atom. The fraction of sp³-hybridized carbons (Fsp3) is 0.333. The van der Waals surface area contributed by atoms with E-state index in [1.165, 1.54) is 0 Å². The Morgan fingerprint density at radius 2 is 2.15 bits per heavy atom. The van der Waals surface area contributed by atoms with E-state index in [4.69, 9.17) is 16.3 Å². The molecule has 1 aliphatic heterocycles. The van der Waals surface area contributed by atoms with Crippen LogP contribution >= 0.6 is 11.6 Å². The topological polar surface area (TPSA) is 96.0 Å². The molecule has 0 aromatic carbocycles. The van der Waals surface area contributed by atoms with Gasteiger partial charge < -0.3 is 19.9 Å². The molecule has 0 radical (unpaired) electrons. The van der Waals surface area contributed by atoms with Crippen LogP contribution < -0.4 is 5.32 Å². The first kappa shape index (κ1) is 17.7. The van der Waals surface area contributed by atoms with Crippen LogP contribution in [0.4, 0.5) is 5.82 Å². The molecule has 1 atom stereocenters. The number of morpholine rings is 1. The molecule has 0 unspecified atom stereocenters. The number of carbonyl (C=O) groups excluding carboxylic acids is 1. The Kier molecular flexibility index (Phi) is 4.91. The molecule has 4 heterocycles. The molecule has 0 bridgehead atoms. The average molecular weight is 387 g/mol. The second kappa shape index (κ2) is 7.50. The minimum atomic E-state index is -0.410. The van der Waals surface area contributed by atoms with Gasteiger partial charge >= 0.3 is 0 Å². The molecule has 8 nitrogen and oxygen atoms in total. The summed E-state index contributed by atoms with van der Waals surface area (Å²) in [5.41, 5.74) is 2.25. The molecule has 0 spiro atoms. The first-order chi connectivity index (χ1) is 13.1. The number of pyridine rings is 1. The third-order valence-corrected chi connectivity index (χ3v) is 4.67. The molecule has 27 heavy (non-hydrogen) atoms. The van der Waals surface area contributed by atoms with Gasteiger partial charge in [-0.1, -0.05) is 11.6 Å². The van der Waals surface area contributed by atoms with E-state index in [0.29, 0.717) is 42.8 Å². The smallest absolute Gasteiger partial charge is 0.244 e. The highest BCUT2D eigenvalue weighted by Gasteiger charge is 2.22. The molecule has 1 saturated heterocycles. The number of nitrogens with zero attached hydrogens (tertiary/aromatic N) is 4. The fourth-order valence-corrected chi connectivity index (χ4v) is 3.25. The Labute approximate surface area is 160 Å². The average Bonchev–Trinajstić information content (AvgIpc) is 3.11. The quantitative estimate of drug-likeness (QED) is 0.714. The first-order valence-electron chi connectivity index (χ1n) is 8.70. The van der Waals surface area contributed by atoms with Crippen LogP contribution in [0.1, 0.15) is 6.92 Å². The van der Waals surface area contributed by atoms with E-state index < -0.39 is 6.04 Å². The van der Waals surface area contributed by atoms with Crippen molar-refractivity contribution in [3.05, 3.63) is 35.9 Å². The highest BCUT2D eigenvalue weighted by atomic mass is 35.5. The number of ether oxygens (including phenoxy) is 1.